The smallest absolute Gasteiger partial charge is 0.375 e. The highest BCUT2D eigenvalue weighted by Gasteiger charge is 2.36. The third-order valence-corrected chi connectivity index (χ3v) is 12.6. The molecule has 8 rings (SSSR count). The van der Waals surface area contributed by atoms with Crippen molar-refractivity contribution in [3.63, 3.8) is 0 Å². The first kappa shape index (κ1) is 44.0. The molecule has 20 heteroatoms. The molecule has 64 heavy (non-hydrogen) atoms. The largest absolute Gasteiger partial charge is 0.492 e. The van der Waals surface area contributed by atoms with Gasteiger partial charge in [0.25, 0.3) is 5.91 Å². The number of benzene rings is 2. The van der Waals surface area contributed by atoms with Crippen molar-refractivity contribution in [2.24, 2.45) is 23.3 Å². The van der Waals surface area contributed by atoms with Crippen LogP contribution in [0.5, 0.6) is 11.5 Å². The summed E-state index contributed by atoms with van der Waals surface area (Å²) in [5, 5.41) is 8.79. The molecule has 336 valence electrons. The normalized spacial score (nSPS) is 16.3. The van der Waals surface area contributed by atoms with Crippen molar-refractivity contribution in [2.45, 2.75) is 60.2 Å². The molecule has 4 amide bonds. The molecule has 2 aliphatic heterocycles. The fraction of sp³-hybridized carbons (Fsp3) is 0.409. The number of carbonyl (C=O) groups excluding carboxylic acids is 4. The van der Waals surface area contributed by atoms with Gasteiger partial charge in [-0.15, -0.1) is 21.4 Å². The first-order chi connectivity index (χ1) is 30.8. The van der Waals surface area contributed by atoms with Crippen molar-refractivity contribution in [1.82, 2.24) is 34.0 Å². The predicted molar refractivity (Wildman–Crippen MR) is 239 cm³/mol. The number of hydrogen-bond acceptors (Lipinski definition) is 12. The van der Waals surface area contributed by atoms with E-state index in [9.17, 15) is 19.2 Å². The Morgan fingerprint density at radius 1 is 0.969 bits per heavy atom. The minimum Gasteiger partial charge on any atom is -0.492 e. The minimum atomic E-state index is -0.641. The predicted octanol–water partition coefficient (Wildman–Crippen LogP) is 3.58. The lowest BCUT2D eigenvalue weighted by molar-refractivity contribution is -0.739. The number of anilines is 1. The summed E-state index contributed by atoms with van der Waals surface area (Å²) < 4.78 is 23.1. The number of likely N-dealkylation sites (tertiary alicyclic amines) is 1. The zero-order valence-corrected chi connectivity index (χ0v) is 37.4. The summed E-state index contributed by atoms with van der Waals surface area (Å²) in [5.41, 5.74) is 18.2. The Labute approximate surface area is 372 Å². The zero-order valence-electron chi connectivity index (χ0n) is 36.6. The summed E-state index contributed by atoms with van der Waals surface area (Å²) in [7, 11) is 1.49. The van der Waals surface area contributed by atoms with E-state index < -0.39 is 17.7 Å². The van der Waals surface area contributed by atoms with E-state index in [1.165, 1.54) is 23.2 Å². The SMILES string of the molecule is CCc1nc(C)sc1C(=O)Nc1nc2cc(C(N)=O)cc(OCCCN3CC4COCC4C3)c2n1C/C=C/C[n+]1c2c(OC)cc(C(N)=O)cc2cn1NC(=O)c1cc(C)nn1CC. The van der Waals surface area contributed by atoms with Crippen LogP contribution in [0.4, 0.5) is 5.95 Å². The lowest BCUT2D eigenvalue weighted by atomic mass is 10.0. The quantitative estimate of drug-likeness (QED) is 0.0554. The van der Waals surface area contributed by atoms with Gasteiger partial charge in [0.1, 0.15) is 22.7 Å². The van der Waals surface area contributed by atoms with Gasteiger partial charge >= 0.3 is 5.91 Å². The molecule has 2 saturated heterocycles. The molecule has 0 aliphatic carbocycles. The average molecular weight is 894 g/mol. The molecule has 0 saturated carbocycles. The van der Waals surface area contributed by atoms with Gasteiger partial charge in [-0.2, -0.15) is 5.10 Å². The minimum absolute atomic E-state index is 0.197. The van der Waals surface area contributed by atoms with E-state index in [2.05, 4.69) is 25.7 Å². The molecule has 4 aromatic heterocycles. The first-order valence-corrected chi connectivity index (χ1v) is 22.2. The summed E-state index contributed by atoms with van der Waals surface area (Å²) in [6, 6.07) is 8.11. The van der Waals surface area contributed by atoms with E-state index in [1.807, 2.05) is 44.4 Å². The summed E-state index contributed by atoms with van der Waals surface area (Å²) >= 11 is 1.30. The van der Waals surface area contributed by atoms with E-state index in [0.29, 0.717) is 86.8 Å². The van der Waals surface area contributed by atoms with E-state index >= 15 is 0 Å². The van der Waals surface area contributed by atoms with Gasteiger partial charge in [-0.1, -0.05) is 17.8 Å². The first-order valence-electron chi connectivity index (χ1n) is 21.3. The van der Waals surface area contributed by atoms with Crippen LogP contribution in [0, 0.1) is 25.7 Å². The molecular formula is C44H53N12O7S+. The third kappa shape index (κ3) is 8.93. The number of thiazole rings is 1. The van der Waals surface area contributed by atoms with Crippen LogP contribution >= 0.6 is 11.3 Å². The van der Waals surface area contributed by atoms with Gasteiger partial charge in [0.15, 0.2) is 17.0 Å². The van der Waals surface area contributed by atoms with Crippen LogP contribution in [0.3, 0.4) is 0 Å². The van der Waals surface area contributed by atoms with Crippen molar-refractivity contribution in [3.8, 4) is 11.5 Å². The van der Waals surface area contributed by atoms with E-state index in [-0.39, 0.29) is 36.1 Å². The van der Waals surface area contributed by atoms with Crippen molar-refractivity contribution < 1.29 is 38.1 Å². The number of amides is 4. The number of nitrogens with zero attached hydrogens (tertiary/aromatic N) is 8. The third-order valence-electron chi connectivity index (χ3n) is 11.6. The molecule has 2 unspecified atom stereocenters. The van der Waals surface area contributed by atoms with Crippen molar-refractivity contribution in [3.05, 3.63) is 86.8 Å². The highest BCUT2D eigenvalue weighted by molar-refractivity contribution is 7.13. The number of fused-ring (bicyclic) bond motifs is 3. The summed E-state index contributed by atoms with van der Waals surface area (Å²) in [6.07, 6.45) is 6.78. The van der Waals surface area contributed by atoms with Crippen molar-refractivity contribution in [1.29, 1.82) is 0 Å². The lowest BCUT2D eigenvalue weighted by Crippen LogP contribution is -2.48. The van der Waals surface area contributed by atoms with Crippen molar-refractivity contribution in [2.75, 3.05) is 57.3 Å². The number of imidazole rings is 1. The highest BCUT2D eigenvalue weighted by Crippen LogP contribution is 2.33. The number of aryl methyl sites for hydroxylation is 4. The maximum atomic E-state index is 13.9. The number of nitrogens with two attached hydrogens (primary N) is 2. The van der Waals surface area contributed by atoms with Crippen LogP contribution in [0.1, 0.15) is 77.5 Å². The van der Waals surface area contributed by atoms with Crippen molar-refractivity contribution >= 4 is 62.9 Å². The Hall–Kier alpha value is -6.64. The lowest BCUT2D eigenvalue weighted by Gasteiger charge is -2.17. The van der Waals surface area contributed by atoms with Gasteiger partial charge in [0.2, 0.25) is 17.8 Å². The topological polar surface area (TPSA) is 233 Å². The molecule has 2 aliphatic rings. The maximum Gasteiger partial charge on any atom is 0.375 e. The van der Waals surface area contributed by atoms with Crippen LogP contribution < -0.4 is 36.4 Å². The Morgan fingerprint density at radius 2 is 1.70 bits per heavy atom. The molecule has 2 aromatic carbocycles. The van der Waals surface area contributed by atoms with Gasteiger partial charge in [0, 0.05) is 55.7 Å². The van der Waals surface area contributed by atoms with Gasteiger partial charge in [-0.3, -0.25) is 24.4 Å². The molecule has 0 bridgehead atoms. The molecule has 6 N–H and O–H groups in total. The number of nitrogens with one attached hydrogen (secondary N) is 2. The molecule has 0 radical (unpaired) electrons. The van der Waals surface area contributed by atoms with Gasteiger partial charge in [0.05, 0.1) is 60.4 Å². The Kier molecular flexibility index (Phi) is 12.8. The molecule has 2 fully saturated rings. The Bertz CT molecular complexity index is 2790. The fourth-order valence-electron chi connectivity index (χ4n) is 8.61. The summed E-state index contributed by atoms with van der Waals surface area (Å²) in [5.74, 6) is 0.105. The van der Waals surface area contributed by atoms with Gasteiger partial charge in [-0.25, -0.2) is 14.8 Å². The van der Waals surface area contributed by atoms with Crippen LogP contribution in [-0.4, -0.2) is 104 Å². The monoisotopic (exact) mass is 893 g/mol. The second-order valence-electron chi connectivity index (χ2n) is 16.0. The number of allylic oxidation sites excluding steroid dienone is 2. The van der Waals surface area contributed by atoms with Crippen LogP contribution in [0.2, 0.25) is 0 Å². The summed E-state index contributed by atoms with van der Waals surface area (Å²) in [6.45, 7) is 13.3. The van der Waals surface area contributed by atoms with Crippen LogP contribution in [0.25, 0.3) is 21.9 Å². The van der Waals surface area contributed by atoms with Gasteiger partial charge < -0.3 is 35.1 Å². The van der Waals surface area contributed by atoms with Crippen LogP contribution in [-0.2, 0) is 30.8 Å². The number of aromatic nitrogens is 7. The molecule has 2 atom stereocenters. The standard InChI is InChI=1S/C44H52N12O7S/c1-6-32-39(64-26(4)47-32)43(60)49-44-48-33-17-28(41(46)58)19-36(63-14-10-11-52-20-30-23-62-24-31(30)21-52)38(33)53(44)12-8-9-13-55-37-29(16-27(40(45)57)18-35(37)61-5)22-56(55)51-42(59)34-15-25(3)50-54(34)7-2/h8-9,15-19,22,30-31H,6-7,10-14,20-21,23-24H2,1-5H3,(H5-,45,46,48,49,51,57,58,59,60)/p+1/b9-8+. The second kappa shape index (κ2) is 18.6. The van der Waals surface area contributed by atoms with E-state index in [4.69, 9.17) is 30.7 Å². The number of primary amides is 2. The Balaban J connectivity index is 1.13. The van der Waals surface area contributed by atoms with Gasteiger partial charge in [-0.05, 0) is 70.0 Å². The number of ether oxygens (including phenoxy) is 3. The number of rotatable bonds is 18. The average Bonchev–Trinajstić information content (AvgIpc) is 4.13. The highest BCUT2D eigenvalue weighted by atomic mass is 32.1. The number of methoxy groups -OCH3 is 1. The molecule has 0 spiro atoms. The fourth-order valence-corrected chi connectivity index (χ4v) is 9.51. The zero-order chi connectivity index (χ0) is 45.2. The second-order valence-corrected chi connectivity index (χ2v) is 17.2. The molecular weight excluding hydrogens is 841 g/mol. The summed E-state index contributed by atoms with van der Waals surface area (Å²) in [4.78, 5) is 66.4. The van der Waals surface area contributed by atoms with E-state index in [1.54, 1.807) is 45.9 Å². The molecule has 6 aromatic rings. The maximum absolute atomic E-state index is 13.9. The number of carbonyl (C=O) groups is 4. The van der Waals surface area contributed by atoms with Crippen LogP contribution in [0.15, 0.2) is 48.7 Å². The Morgan fingerprint density at radius 3 is 2.41 bits per heavy atom. The number of hydrogen-bond donors (Lipinski definition) is 4. The molecule has 6 heterocycles. The van der Waals surface area contributed by atoms with E-state index in [0.717, 1.165) is 44.3 Å². The molecule has 19 nitrogen and oxygen atoms in total.